The van der Waals surface area contributed by atoms with Crippen molar-refractivity contribution < 1.29 is 43.8 Å². The van der Waals surface area contributed by atoms with Gasteiger partial charge >= 0.3 is 5.97 Å². The summed E-state index contributed by atoms with van der Waals surface area (Å²) in [5, 5.41) is 32.8. The van der Waals surface area contributed by atoms with E-state index in [0.29, 0.717) is 18.6 Å². The molecule has 1 fully saturated rings. The molecule has 244 valence electrons. The van der Waals surface area contributed by atoms with E-state index in [2.05, 4.69) is 18.2 Å². The van der Waals surface area contributed by atoms with E-state index in [9.17, 15) is 20.1 Å². The average molecular weight is 607 g/mol. The molecule has 0 aromatic rings. The Hall–Kier alpha value is -2.27. The fourth-order valence-electron chi connectivity index (χ4n) is 5.39. The lowest BCUT2D eigenvalue weighted by Crippen LogP contribution is -2.63. The van der Waals surface area contributed by atoms with Crippen molar-refractivity contribution in [3.63, 3.8) is 0 Å². The van der Waals surface area contributed by atoms with E-state index < -0.39 is 54.3 Å². The van der Waals surface area contributed by atoms with E-state index in [-0.39, 0.29) is 18.3 Å². The number of rotatable bonds is 7. The lowest BCUT2D eigenvalue weighted by molar-refractivity contribution is -0.341. The molecule has 2 heterocycles. The number of carbonyl (C=O) groups is 1. The molecule has 43 heavy (non-hydrogen) atoms. The molecule has 0 saturated carbocycles. The van der Waals surface area contributed by atoms with E-state index in [1.807, 2.05) is 45.9 Å². The van der Waals surface area contributed by atoms with E-state index in [1.54, 1.807) is 20.1 Å². The van der Waals surface area contributed by atoms with E-state index in [0.717, 1.165) is 17.6 Å². The molecule has 9 heteroatoms. The number of hydrogen-bond donors (Lipinski definition) is 3. The minimum atomic E-state index is -2.21. The molecule has 2 aliphatic heterocycles. The van der Waals surface area contributed by atoms with E-state index >= 15 is 0 Å². The molecule has 0 radical (unpaired) electrons. The Labute approximate surface area is 257 Å². The van der Waals surface area contributed by atoms with Gasteiger partial charge in [0.15, 0.2) is 0 Å². The molecular weight excluding hydrogens is 552 g/mol. The van der Waals surface area contributed by atoms with Gasteiger partial charge in [0.25, 0.3) is 0 Å². The number of methoxy groups -OCH3 is 3. The predicted octanol–water partition coefficient (Wildman–Crippen LogP) is 4.77. The van der Waals surface area contributed by atoms with Crippen LogP contribution < -0.4 is 0 Å². The number of fused-ring (bicyclic) bond motifs is 2. The topological polar surface area (TPSA) is 124 Å². The zero-order valence-corrected chi connectivity index (χ0v) is 27.4. The fourth-order valence-corrected chi connectivity index (χ4v) is 5.39. The van der Waals surface area contributed by atoms with Gasteiger partial charge in [0, 0.05) is 26.6 Å². The summed E-state index contributed by atoms with van der Waals surface area (Å²) in [4.78, 5) is 13.7. The maximum absolute atomic E-state index is 13.7. The second kappa shape index (κ2) is 17.3. The van der Waals surface area contributed by atoms with Crippen molar-refractivity contribution in [2.45, 2.75) is 110 Å². The summed E-state index contributed by atoms with van der Waals surface area (Å²) in [6.45, 7) is 11.1. The molecule has 0 aromatic carbocycles. The molecule has 2 aliphatic rings. The summed E-state index contributed by atoms with van der Waals surface area (Å²) in [7, 11) is 4.44. The quantitative estimate of drug-likeness (QED) is 0.278. The normalized spacial score (nSPS) is 35.3. The predicted molar refractivity (Wildman–Crippen MR) is 166 cm³/mol. The highest BCUT2D eigenvalue weighted by molar-refractivity contribution is 5.74. The number of carbonyl (C=O) groups excluding carboxylic acids is 1. The lowest BCUT2D eigenvalue weighted by atomic mass is 9.85. The van der Waals surface area contributed by atoms with Gasteiger partial charge in [-0.05, 0) is 65.0 Å². The first-order valence-electron chi connectivity index (χ1n) is 15.2. The van der Waals surface area contributed by atoms with Gasteiger partial charge in [0.2, 0.25) is 5.79 Å². The summed E-state index contributed by atoms with van der Waals surface area (Å²) in [6.07, 6.45) is 10.9. The molecule has 0 aromatic heterocycles. The Kier molecular flexibility index (Phi) is 14.8. The standard InChI is InChI=1S/C34H54O9/c1-21-12-10-14-22(2)19-30(40-8)31-20-27(36)32(41-9)34(38,43-31)25(5)33(37)42-29(28(39-7)15-11-13-21)17-16-23(3)18-24(4)26(6)35/h10,12-13,16-19,22,24-29,31-32,35-36,38H,11,14-15,20H2,1-9H3. The minimum absolute atomic E-state index is 0.0611. The van der Waals surface area contributed by atoms with Gasteiger partial charge < -0.3 is 39.0 Å². The molecule has 0 amide bonds. The van der Waals surface area contributed by atoms with E-state index in [4.69, 9.17) is 23.7 Å². The summed E-state index contributed by atoms with van der Waals surface area (Å²) in [6, 6.07) is 0. The SMILES string of the molecule is COC1=CC(C)CC=CC(C)=CCCC(OC)C(C=CC(C)=CC(C)C(C)O)OC(=O)C(C)C2(O)OC1CC(O)C2OC. The lowest BCUT2D eigenvalue weighted by Gasteiger charge is -2.47. The second-order valence-electron chi connectivity index (χ2n) is 12.0. The highest BCUT2D eigenvalue weighted by Gasteiger charge is 2.56. The number of aliphatic hydroxyl groups is 3. The summed E-state index contributed by atoms with van der Waals surface area (Å²) < 4.78 is 29.1. The molecule has 3 N–H and O–H groups in total. The number of esters is 1. The highest BCUT2D eigenvalue weighted by atomic mass is 16.7. The van der Waals surface area contributed by atoms with Gasteiger partial charge in [-0.2, -0.15) is 0 Å². The first-order valence-corrected chi connectivity index (χ1v) is 15.2. The maximum atomic E-state index is 13.7. The Balaban J connectivity index is 2.56. The van der Waals surface area contributed by atoms with Gasteiger partial charge in [-0.1, -0.05) is 55.4 Å². The van der Waals surface area contributed by atoms with Crippen LogP contribution in [0.15, 0.2) is 59.4 Å². The number of hydrogen-bond acceptors (Lipinski definition) is 9. The first kappa shape index (κ1) is 36.9. The zero-order chi connectivity index (χ0) is 32.3. The van der Waals surface area contributed by atoms with Crippen LogP contribution in [0.25, 0.3) is 0 Å². The number of cyclic esters (lactones) is 1. The Morgan fingerprint density at radius 1 is 1.19 bits per heavy atom. The highest BCUT2D eigenvalue weighted by Crippen LogP contribution is 2.39. The van der Waals surface area contributed by atoms with Crippen molar-refractivity contribution in [1.82, 2.24) is 0 Å². The molecule has 2 bridgehead atoms. The Bertz CT molecular complexity index is 1040. The van der Waals surface area contributed by atoms with Crippen LogP contribution in [0.1, 0.15) is 67.2 Å². The maximum Gasteiger partial charge on any atom is 0.314 e. The van der Waals surface area contributed by atoms with Crippen LogP contribution in [-0.2, 0) is 28.5 Å². The molecule has 10 unspecified atom stereocenters. The second-order valence-corrected chi connectivity index (χ2v) is 12.0. The van der Waals surface area contributed by atoms with Gasteiger partial charge in [0.1, 0.15) is 30.0 Å². The third kappa shape index (κ3) is 10.4. The zero-order valence-electron chi connectivity index (χ0n) is 27.4. The number of allylic oxidation sites excluding steroid dienone is 7. The summed E-state index contributed by atoms with van der Waals surface area (Å²) in [5.74, 6) is -3.71. The van der Waals surface area contributed by atoms with Gasteiger partial charge in [-0.3, -0.25) is 4.79 Å². The minimum Gasteiger partial charge on any atom is -0.499 e. The van der Waals surface area contributed by atoms with Gasteiger partial charge in [-0.25, -0.2) is 0 Å². The van der Waals surface area contributed by atoms with Crippen molar-refractivity contribution >= 4 is 5.97 Å². The molecule has 2 rings (SSSR count). The van der Waals surface area contributed by atoms with Crippen molar-refractivity contribution in [3.05, 3.63) is 59.4 Å². The van der Waals surface area contributed by atoms with Crippen LogP contribution in [0.3, 0.4) is 0 Å². The third-order valence-electron chi connectivity index (χ3n) is 8.34. The van der Waals surface area contributed by atoms with Crippen LogP contribution in [0, 0.1) is 17.8 Å². The van der Waals surface area contributed by atoms with Crippen molar-refractivity contribution in [1.29, 1.82) is 0 Å². The van der Waals surface area contributed by atoms with E-state index in [1.165, 1.54) is 21.1 Å². The van der Waals surface area contributed by atoms with Crippen molar-refractivity contribution in [3.8, 4) is 0 Å². The van der Waals surface area contributed by atoms with Gasteiger partial charge in [0.05, 0.1) is 25.4 Å². The van der Waals surface area contributed by atoms with Crippen LogP contribution >= 0.6 is 0 Å². The fraction of sp³-hybridized carbons (Fsp3) is 0.676. The first-order chi connectivity index (χ1) is 20.3. The molecular formula is C34H54O9. The Morgan fingerprint density at radius 3 is 2.49 bits per heavy atom. The molecule has 0 spiro atoms. The van der Waals surface area contributed by atoms with Crippen molar-refractivity contribution in [2.75, 3.05) is 21.3 Å². The average Bonchev–Trinajstić information content (AvgIpc) is 2.95. The Morgan fingerprint density at radius 2 is 1.88 bits per heavy atom. The van der Waals surface area contributed by atoms with Crippen LogP contribution in [0.2, 0.25) is 0 Å². The third-order valence-corrected chi connectivity index (χ3v) is 8.34. The molecule has 0 aliphatic carbocycles. The molecule has 10 atom stereocenters. The number of aliphatic hydroxyl groups excluding tert-OH is 2. The van der Waals surface area contributed by atoms with Gasteiger partial charge in [-0.15, -0.1) is 0 Å². The molecule has 1 saturated heterocycles. The number of ether oxygens (including phenoxy) is 5. The largest absolute Gasteiger partial charge is 0.499 e. The smallest absolute Gasteiger partial charge is 0.314 e. The van der Waals surface area contributed by atoms with Crippen LogP contribution in [-0.4, -0.2) is 85.0 Å². The monoisotopic (exact) mass is 606 g/mol. The molecule has 9 nitrogen and oxygen atoms in total. The van der Waals surface area contributed by atoms with Crippen molar-refractivity contribution in [2.24, 2.45) is 17.8 Å². The van der Waals surface area contributed by atoms with Crippen LogP contribution in [0.5, 0.6) is 0 Å². The van der Waals surface area contributed by atoms with Crippen LogP contribution in [0.4, 0.5) is 0 Å². The summed E-state index contributed by atoms with van der Waals surface area (Å²) >= 11 is 0. The summed E-state index contributed by atoms with van der Waals surface area (Å²) in [5.41, 5.74) is 2.00.